The largest absolute Gasteiger partial charge is 0.459 e. The lowest BCUT2D eigenvalue weighted by Crippen LogP contribution is -2.52. The van der Waals surface area contributed by atoms with Gasteiger partial charge < -0.3 is 14.2 Å². The highest BCUT2D eigenvalue weighted by atomic mass is 32.1. The van der Waals surface area contributed by atoms with Gasteiger partial charge in [0, 0.05) is 36.3 Å². The van der Waals surface area contributed by atoms with E-state index in [4.69, 9.17) is 4.42 Å². The van der Waals surface area contributed by atoms with Gasteiger partial charge >= 0.3 is 0 Å². The maximum atomic E-state index is 13.3. The van der Waals surface area contributed by atoms with Crippen LogP contribution >= 0.6 is 11.3 Å². The zero-order valence-electron chi connectivity index (χ0n) is 17.8. The van der Waals surface area contributed by atoms with Crippen molar-refractivity contribution in [3.8, 4) is 0 Å². The molecule has 8 nitrogen and oxygen atoms in total. The highest BCUT2D eigenvalue weighted by Gasteiger charge is 2.30. The molecule has 0 N–H and O–H groups in total. The molecular weight excluding hydrogens is 428 g/mol. The van der Waals surface area contributed by atoms with E-state index in [-0.39, 0.29) is 17.4 Å². The quantitative estimate of drug-likeness (QED) is 0.479. The molecule has 1 aliphatic heterocycles. The lowest BCUT2D eigenvalue weighted by Gasteiger charge is -2.35. The topological polar surface area (TPSA) is 88.7 Å². The maximum Gasteiger partial charge on any atom is 0.289 e. The molecule has 4 heterocycles. The Labute approximate surface area is 187 Å². The fraction of sp³-hybridized carbons (Fsp3) is 0.304. The number of hydrogen-bond acceptors (Lipinski definition) is 6. The highest BCUT2D eigenvalue weighted by Crippen LogP contribution is 2.33. The van der Waals surface area contributed by atoms with Crippen LogP contribution in [0, 0.1) is 6.92 Å². The average Bonchev–Trinajstić information content (AvgIpc) is 3.49. The standard InChI is InChI=1S/C23H22N4O4S/c1-14-20-19(16-6-3-4-8-18(16)32-20)23(30)27(24-14)15(2)21(28)25-9-11-26(12-10-25)22(29)17-7-5-13-31-17/h3-8,13,15H,9-12H2,1-2H3. The van der Waals surface area contributed by atoms with Crippen molar-refractivity contribution in [1.82, 2.24) is 19.6 Å². The SMILES string of the molecule is Cc1nn(C(C)C(=O)N2CCN(C(=O)c3ccco3)CC2)c(=O)c2c1sc1ccccc12. The molecule has 3 aromatic heterocycles. The second-order valence-electron chi connectivity index (χ2n) is 7.91. The first kappa shape index (κ1) is 20.4. The van der Waals surface area contributed by atoms with Crippen LogP contribution in [0.2, 0.25) is 0 Å². The Hall–Kier alpha value is -3.46. The summed E-state index contributed by atoms with van der Waals surface area (Å²) in [5.74, 6) is -0.0675. The maximum absolute atomic E-state index is 13.3. The number of benzene rings is 1. The normalized spacial score (nSPS) is 15.4. The van der Waals surface area contributed by atoms with E-state index in [0.29, 0.717) is 37.3 Å². The van der Waals surface area contributed by atoms with E-state index in [9.17, 15) is 14.4 Å². The van der Waals surface area contributed by atoms with Crippen molar-refractivity contribution in [1.29, 1.82) is 0 Å². The molecule has 1 unspecified atom stereocenters. The Morgan fingerprint density at radius 3 is 2.50 bits per heavy atom. The molecule has 9 heteroatoms. The summed E-state index contributed by atoms with van der Waals surface area (Å²) >= 11 is 1.54. The first-order valence-corrected chi connectivity index (χ1v) is 11.3. The predicted octanol–water partition coefficient (Wildman–Crippen LogP) is 3.06. The smallest absolute Gasteiger partial charge is 0.289 e. The lowest BCUT2D eigenvalue weighted by molar-refractivity contribution is -0.136. The number of fused-ring (bicyclic) bond motifs is 3. The number of carbonyl (C=O) groups excluding carboxylic acids is 2. The monoisotopic (exact) mass is 450 g/mol. The molecule has 0 spiro atoms. The van der Waals surface area contributed by atoms with Gasteiger partial charge in [-0.25, -0.2) is 4.68 Å². The van der Waals surface area contributed by atoms with Crippen LogP contribution in [-0.2, 0) is 4.79 Å². The Kier molecular flexibility index (Phi) is 5.05. The molecule has 2 amide bonds. The first-order chi connectivity index (χ1) is 15.5. The molecule has 32 heavy (non-hydrogen) atoms. The van der Waals surface area contributed by atoms with Crippen LogP contribution in [-0.4, -0.2) is 57.6 Å². The molecule has 1 aromatic carbocycles. The van der Waals surface area contributed by atoms with Gasteiger partial charge in [-0.3, -0.25) is 14.4 Å². The third kappa shape index (κ3) is 3.29. The van der Waals surface area contributed by atoms with E-state index in [2.05, 4.69) is 5.10 Å². The minimum Gasteiger partial charge on any atom is -0.459 e. The fourth-order valence-electron chi connectivity index (χ4n) is 4.20. The molecule has 0 saturated carbocycles. The van der Waals surface area contributed by atoms with E-state index in [1.807, 2.05) is 31.2 Å². The molecule has 0 bridgehead atoms. The second-order valence-corrected chi connectivity index (χ2v) is 8.96. The van der Waals surface area contributed by atoms with Gasteiger partial charge in [0.15, 0.2) is 5.76 Å². The van der Waals surface area contributed by atoms with Crippen LogP contribution < -0.4 is 5.56 Å². The van der Waals surface area contributed by atoms with E-state index in [1.54, 1.807) is 40.2 Å². The molecule has 1 fully saturated rings. The van der Waals surface area contributed by atoms with Crippen molar-refractivity contribution < 1.29 is 14.0 Å². The van der Waals surface area contributed by atoms with Gasteiger partial charge in [0.05, 0.1) is 22.0 Å². The van der Waals surface area contributed by atoms with Crippen molar-refractivity contribution in [3.63, 3.8) is 0 Å². The van der Waals surface area contributed by atoms with Crippen molar-refractivity contribution in [2.24, 2.45) is 0 Å². The summed E-state index contributed by atoms with van der Waals surface area (Å²) in [4.78, 5) is 42.4. The summed E-state index contributed by atoms with van der Waals surface area (Å²) in [5, 5.41) is 5.99. The minimum atomic E-state index is -0.739. The molecule has 0 aliphatic carbocycles. The van der Waals surface area contributed by atoms with Crippen molar-refractivity contribution >= 4 is 43.3 Å². The number of carbonyl (C=O) groups is 2. The average molecular weight is 451 g/mol. The van der Waals surface area contributed by atoms with Crippen LogP contribution in [0.5, 0.6) is 0 Å². The number of hydrogen-bond donors (Lipinski definition) is 0. The number of thiophene rings is 1. The summed E-state index contributed by atoms with van der Waals surface area (Å²) in [6.07, 6.45) is 1.47. The van der Waals surface area contributed by atoms with E-state index in [1.165, 1.54) is 10.9 Å². The Bertz CT molecular complexity index is 1380. The Morgan fingerprint density at radius 2 is 1.78 bits per heavy atom. The number of piperazine rings is 1. The first-order valence-electron chi connectivity index (χ1n) is 10.5. The molecule has 4 aromatic rings. The summed E-state index contributed by atoms with van der Waals surface area (Å²) < 4.78 is 8.38. The van der Waals surface area contributed by atoms with Crippen molar-refractivity contribution in [2.45, 2.75) is 19.9 Å². The number of aryl methyl sites for hydroxylation is 1. The lowest BCUT2D eigenvalue weighted by atomic mass is 10.2. The summed E-state index contributed by atoms with van der Waals surface area (Å²) in [6, 6.07) is 10.3. The van der Waals surface area contributed by atoms with Gasteiger partial charge in [-0.15, -0.1) is 11.3 Å². The van der Waals surface area contributed by atoms with Crippen LogP contribution in [0.25, 0.3) is 20.2 Å². The molecule has 164 valence electrons. The van der Waals surface area contributed by atoms with E-state index < -0.39 is 6.04 Å². The predicted molar refractivity (Wildman–Crippen MR) is 122 cm³/mol. The number of amides is 2. The van der Waals surface area contributed by atoms with Gasteiger partial charge in [-0.05, 0) is 32.0 Å². The zero-order valence-corrected chi connectivity index (χ0v) is 18.6. The summed E-state index contributed by atoms with van der Waals surface area (Å²) in [7, 11) is 0. The Balaban J connectivity index is 1.39. The number of furan rings is 1. The number of nitrogens with zero attached hydrogens (tertiary/aromatic N) is 4. The van der Waals surface area contributed by atoms with Gasteiger partial charge in [-0.2, -0.15) is 5.10 Å². The third-order valence-electron chi connectivity index (χ3n) is 5.94. The molecule has 1 saturated heterocycles. The van der Waals surface area contributed by atoms with Crippen LogP contribution in [0.1, 0.15) is 29.2 Å². The molecule has 0 radical (unpaired) electrons. The van der Waals surface area contributed by atoms with Gasteiger partial charge in [0.2, 0.25) is 5.91 Å². The molecule has 1 atom stereocenters. The third-order valence-corrected chi connectivity index (χ3v) is 7.22. The van der Waals surface area contributed by atoms with Crippen LogP contribution in [0.3, 0.4) is 0 Å². The van der Waals surface area contributed by atoms with Crippen molar-refractivity contribution in [2.75, 3.05) is 26.2 Å². The minimum absolute atomic E-state index is 0.178. The molecule has 1 aliphatic rings. The summed E-state index contributed by atoms with van der Waals surface area (Å²) in [5.41, 5.74) is 0.477. The van der Waals surface area contributed by atoms with Crippen molar-refractivity contribution in [3.05, 3.63) is 64.5 Å². The number of rotatable bonds is 3. The Morgan fingerprint density at radius 1 is 1.06 bits per heavy atom. The zero-order chi connectivity index (χ0) is 22.4. The van der Waals surface area contributed by atoms with Crippen LogP contribution in [0.4, 0.5) is 0 Å². The van der Waals surface area contributed by atoms with Gasteiger partial charge in [0.1, 0.15) is 6.04 Å². The van der Waals surface area contributed by atoms with E-state index in [0.717, 1.165) is 20.5 Å². The second kappa shape index (κ2) is 7.90. The van der Waals surface area contributed by atoms with Gasteiger partial charge in [0.25, 0.3) is 11.5 Å². The highest BCUT2D eigenvalue weighted by molar-refractivity contribution is 7.26. The van der Waals surface area contributed by atoms with Gasteiger partial charge in [-0.1, -0.05) is 18.2 Å². The molecular formula is C23H22N4O4S. The van der Waals surface area contributed by atoms with Crippen LogP contribution in [0.15, 0.2) is 51.9 Å². The number of aromatic nitrogens is 2. The summed E-state index contributed by atoms with van der Waals surface area (Å²) in [6.45, 7) is 5.18. The van der Waals surface area contributed by atoms with E-state index >= 15 is 0 Å². The molecule has 5 rings (SSSR count). The fourth-order valence-corrected chi connectivity index (χ4v) is 5.33.